The summed E-state index contributed by atoms with van der Waals surface area (Å²) < 4.78 is 1.10. The second-order valence-electron chi connectivity index (χ2n) is 7.02. The summed E-state index contributed by atoms with van der Waals surface area (Å²) in [5.41, 5.74) is 4.33. The summed E-state index contributed by atoms with van der Waals surface area (Å²) in [5.74, 6) is -0.293. The van der Waals surface area contributed by atoms with Crippen LogP contribution in [0.3, 0.4) is 0 Å². The van der Waals surface area contributed by atoms with Gasteiger partial charge in [-0.25, -0.2) is 4.98 Å². The third-order valence-corrected chi connectivity index (χ3v) is 5.43. The molecule has 0 unspecified atom stereocenters. The number of thioether (sulfide) groups is 1. The van der Waals surface area contributed by atoms with Gasteiger partial charge in [0, 0.05) is 11.8 Å². The summed E-state index contributed by atoms with van der Waals surface area (Å²) in [5, 5.41) is 9.97. The number of fused-ring (bicyclic) bond motifs is 1. The maximum Gasteiger partial charge on any atom is 0.281 e. The van der Waals surface area contributed by atoms with Crippen molar-refractivity contribution in [2.75, 3.05) is 16.5 Å². The zero-order valence-corrected chi connectivity index (χ0v) is 18.0. The van der Waals surface area contributed by atoms with Gasteiger partial charge in [0.2, 0.25) is 11.8 Å². The van der Waals surface area contributed by atoms with Crippen LogP contribution in [0.25, 0.3) is 10.9 Å². The fourth-order valence-electron chi connectivity index (χ4n) is 3.04. The Labute approximate surface area is 187 Å². The lowest BCUT2D eigenvalue weighted by molar-refractivity contribution is -0.116. The van der Waals surface area contributed by atoms with Gasteiger partial charge in [-0.2, -0.15) is 9.77 Å². The van der Waals surface area contributed by atoms with Crippen LogP contribution < -0.4 is 16.3 Å². The Hall–Kier alpha value is -3.92. The Balaban J connectivity index is 1.56. The second-order valence-corrected chi connectivity index (χ2v) is 7.96. The molecule has 4 rings (SSSR count). The van der Waals surface area contributed by atoms with Crippen LogP contribution in [-0.2, 0) is 16.0 Å². The monoisotopic (exact) mass is 448 g/mol. The van der Waals surface area contributed by atoms with Gasteiger partial charge in [-0.3, -0.25) is 24.9 Å². The number of aryl methyl sites for hydroxylation is 1. The normalized spacial score (nSPS) is 10.8. The molecular formula is C22H20N6O3S. The quantitative estimate of drug-likeness (QED) is 0.295. The molecule has 0 saturated carbocycles. The molecule has 2 aromatic carbocycles. The first-order valence-corrected chi connectivity index (χ1v) is 10.8. The van der Waals surface area contributed by atoms with E-state index in [1.165, 1.54) is 0 Å². The van der Waals surface area contributed by atoms with E-state index < -0.39 is 5.56 Å². The molecule has 0 radical (unpaired) electrons. The molecule has 4 aromatic rings. The maximum atomic E-state index is 13.1. The molecule has 2 amide bonds. The molecule has 0 atom stereocenters. The fraction of sp³-hybridized carbons (Fsp3) is 0.136. The molecule has 10 heteroatoms. The van der Waals surface area contributed by atoms with E-state index in [1.54, 1.807) is 30.3 Å². The summed E-state index contributed by atoms with van der Waals surface area (Å²) in [4.78, 5) is 42.5. The molecule has 0 spiro atoms. The topological polar surface area (TPSA) is 122 Å². The lowest BCUT2D eigenvalue weighted by Crippen LogP contribution is -2.36. The summed E-state index contributed by atoms with van der Waals surface area (Å²) >= 11 is 1.05. The molecule has 0 aliphatic rings. The molecule has 0 saturated heterocycles. The van der Waals surface area contributed by atoms with Crippen molar-refractivity contribution in [2.45, 2.75) is 18.5 Å². The van der Waals surface area contributed by atoms with Crippen LogP contribution in [0.5, 0.6) is 0 Å². The molecule has 0 aliphatic heterocycles. The van der Waals surface area contributed by atoms with Crippen LogP contribution in [0.2, 0.25) is 0 Å². The highest BCUT2D eigenvalue weighted by molar-refractivity contribution is 7.99. The van der Waals surface area contributed by atoms with Crippen LogP contribution in [-0.4, -0.2) is 37.4 Å². The highest BCUT2D eigenvalue weighted by Crippen LogP contribution is 2.17. The van der Waals surface area contributed by atoms with Crippen molar-refractivity contribution in [3.05, 3.63) is 82.3 Å². The number of rotatable bonds is 7. The predicted molar refractivity (Wildman–Crippen MR) is 123 cm³/mol. The van der Waals surface area contributed by atoms with Crippen molar-refractivity contribution < 1.29 is 9.59 Å². The van der Waals surface area contributed by atoms with Crippen molar-refractivity contribution in [1.82, 2.24) is 19.9 Å². The van der Waals surface area contributed by atoms with Crippen LogP contribution >= 0.6 is 11.8 Å². The summed E-state index contributed by atoms with van der Waals surface area (Å²) in [7, 11) is 0. The Kier molecular flexibility index (Phi) is 6.31. The minimum Gasteiger partial charge on any atom is -0.308 e. The highest BCUT2D eigenvalue weighted by Gasteiger charge is 2.16. The number of carbonyl (C=O) groups is 2. The number of H-pyrrole nitrogens is 1. The van der Waals surface area contributed by atoms with Gasteiger partial charge in [-0.1, -0.05) is 54.2 Å². The van der Waals surface area contributed by atoms with Gasteiger partial charge in [0.25, 0.3) is 5.56 Å². The third kappa shape index (κ3) is 5.03. The molecule has 2 heterocycles. The number of anilines is 1. The number of hydrogen-bond acceptors (Lipinski definition) is 6. The smallest absolute Gasteiger partial charge is 0.281 e. The Bertz CT molecular complexity index is 1330. The highest BCUT2D eigenvalue weighted by atomic mass is 32.2. The van der Waals surface area contributed by atoms with Gasteiger partial charge in [0.05, 0.1) is 23.1 Å². The van der Waals surface area contributed by atoms with Gasteiger partial charge in [0.15, 0.2) is 11.0 Å². The zero-order chi connectivity index (χ0) is 22.5. The van der Waals surface area contributed by atoms with E-state index in [0.717, 1.165) is 27.7 Å². The average molecular weight is 449 g/mol. The number of nitrogens with one attached hydrogen (secondary N) is 3. The number of aromatic nitrogens is 4. The zero-order valence-electron chi connectivity index (χ0n) is 17.2. The number of carbonyl (C=O) groups excluding carboxylic acids is 2. The summed E-state index contributed by atoms with van der Waals surface area (Å²) in [6.45, 7) is 1.83. The maximum absolute atomic E-state index is 13.1. The van der Waals surface area contributed by atoms with E-state index in [9.17, 15) is 14.4 Å². The van der Waals surface area contributed by atoms with Crippen LogP contribution in [0, 0.1) is 6.92 Å². The van der Waals surface area contributed by atoms with Crippen LogP contribution in [0.15, 0.2) is 70.6 Å². The minimum absolute atomic E-state index is 0.0226. The van der Waals surface area contributed by atoms with E-state index in [2.05, 4.69) is 25.9 Å². The van der Waals surface area contributed by atoms with Crippen LogP contribution in [0.4, 0.5) is 5.82 Å². The molecule has 9 nitrogen and oxygen atoms in total. The molecule has 32 heavy (non-hydrogen) atoms. The van der Waals surface area contributed by atoms with Gasteiger partial charge in [-0.15, -0.1) is 0 Å². The number of hydrogen-bond donors (Lipinski definition) is 3. The molecule has 162 valence electrons. The Morgan fingerprint density at radius 2 is 1.81 bits per heavy atom. The van der Waals surface area contributed by atoms with E-state index in [1.807, 2.05) is 37.3 Å². The fourth-order valence-corrected chi connectivity index (χ4v) is 3.80. The largest absolute Gasteiger partial charge is 0.308 e. The first-order valence-electron chi connectivity index (χ1n) is 9.80. The van der Waals surface area contributed by atoms with E-state index >= 15 is 0 Å². The van der Waals surface area contributed by atoms with E-state index in [0.29, 0.717) is 16.7 Å². The molecule has 0 fully saturated rings. The Morgan fingerprint density at radius 1 is 1.06 bits per heavy atom. The van der Waals surface area contributed by atoms with Crippen molar-refractivity contribution >= 4 is 40.3 Å². The van der Waals surface area contributed by atoms with E-state index in [-0.39, 0.29) is 29.1 Å². The molecule has 0 bridgehead atoms. The van der Waals surface area contributed by atoms with Crippen molar-refractivity contribution in [3.8, 4) is 0 Å². The minimum atomic E-state index is -0.414. The lowest BCUT2D eigenvalue weighted by atomic mass is 10.1. The second kappa shape index (κ2) is 9.48. The number of amides is 2. The first kappa shape index (κ1) is 21.3. The molecular weight excluding hydrogens is 428 g/mol. The first-order chi connectivity index (χ1) is 15.5. The summed E-state index contributed by atoms with van der Waals surface area (Å²) in [6.07, 6.45) is 0.100. The van der Waals surface area contributed by atoms with Gasteiger partial charge in [0.1, 0.15) is 0 Å². The standard InChI is InChI=1S/C22H20N6O3S/c1-14-11-18(26-25-14)24-20(30)13-32-22-23-17-10-6-5-9-16(17)21(31)28(22)27-19(29)12-15-7-3-2-4-8-15/h2-11H,12-13H2,1H3,(H,27,29)(H2,24,25,26,30). The lowest BCUT2D eigenvalue weighted by Gasteiger charge is -2.14. The predicted octanol–water partition coefficient (Wildman–Crippen LogP) is 2.47. The van der Waals surface area contributed by atoms with Gasteiger partial charge in [-0.05, 0) is 24.6 Å². The average Bonchev–Trinajstić information content (AvgIpc) is 3.19. The number of nitrogens with zero attached hydrogens (tertiary/aromatic N) is 3. The Morgan fingerprint density at radius 3 is 2.56 bits per heavy atom. The van der Waals surface area contributed by atoms with Crippen molar-refractivity contribution in [2.24, 2.45) is 0 Å². The van der Waals surface area contributed by atoms with E-state index in [4.69, 9.17) is 0 Å². The molecule has 0 aliphatic carbocycles. The number of para-hydroxylation sites is 1. The van der Waals surface area contributed by atoms with Crippen molar-refractivity contribution in [1.29, 1.82) is 0 Å². The van der Waals surface area contributed by atoms with Gasteiger partial charge < -0.3 is 5.32 Å². The molecule has 2 aromatic heterocycles. The van der Waals surface area contributed by atoms with Crippen LogP contribution in [0.1, 0.15) is 11.3 Å². The number of benzene rings is 2. The summed E-state index contributed by atoms with van der Waals surface area (Å²) in [6, 6.07) is 17.8. The third-order valence-electron chi connectivity index (χ3n) is 4.49. The molecule has 3 N–H and O–H groups in total. The van der Waals surface area contributed by atoms with Crippen molar-refractivity contribution in [3.63, 3.8) is 0 Å². The number of aromatic amines is 1. The SMILES string of the molecule is Cc1cc(NC(=O)CSc2nc3ccccc3c(=O)n2NC(=O)Cc2ccccc2)n[nH]1. The van der Waals surface area contributed by atoms with Gasteiger partial charge >= 0.3 is 0 Å².